The van der Waals surface area contributed by atoms with Gasteiger partial charge in [-0.1, -0.05) is 12.5 Å². The van der Waals surface area contributed by atoms with Crippen molar-refractivity contribution in [2.45, 2.75) is 44.1 Å². The molecule has 0 bridgehead atoms. The summed E-state index contributed by atoms with van der Waals surface area (Å²) in [7, 11) is 1.64. The smallest absolute Gasteiger partial charge is 0.212 e. The molecular weight excluding hydrogens is 354 g/mol. The van der Waals surface area contributed by atoms with Crippen molar-refractivity contribution in [1.29, 1.82) is 0 Å². The van der Waals surface area contributed by atoms with Crippen LogP contribution < -0.4 is 4.74 Å². The van der Waals surface area contributed by atoms with Crippen LogP contribution in [-0.4, -0.2) is 41.1 Å². The van der Waals surface area contributed by atoms with E-state index >= 15 is 0 Å². The van der Waals surface area contributed by atoms with E-state index in [-0.39, 0.29) is 0 Å². The number of rotatable bonds is 4. The van der Waals surface area contributed by atoms with Crippen molar-refractivity contribution < 1.29 is 4.74 Å². The SMILES string of the molecule is COc1ccc(-c2ccc3nc(C4CC(N5CCCCC5)C4)sc3c2)cn1. The Kier molecular flexibility index (Phi) is 4.58. The number of nitrogens with zero attached hydrogens (tertiary/aromatic N) is 3. The van der Waals surface area contributed by atoms with E-state index in [9.17, 15) is 0 Å². The van der Waals surface area contributed by atoms with Crippen LogP contribution in [0.1, 0.15) is 43.0 Å². The van der Waals surface area contributed by atoms with E-state index in [0.717, 1.165) is 17.1 Å². The molecule has 0 unspecified atom stereocenters. The van der Waals surface area contributed by atoms with Gasteiger partial charge in [0.15, 0.2) is 0 Å². The topological polar surface area (TPSA) is 38.2 Å². The normalized spacial score (nSPS) is 23.3. The number of likely N-dealkylation sites (tertiary alicyclic amines) is 1. The van der Waals surface area contributed by atoms with E-state index in [0.29, 0.717) is 11.8 Å². The second-order valence-electron chi connectivity index (χ2n) is 7.74. The number of pyridine rings is 1. The Morgan fingerprint density at radius 3 is 2.59 bits per heavy atom. The van der Waals surface area contributed by atoms with Gasteiger partial charge in [-0.3, -0.25) is 0 Å². The summed E-state index contributed by atoms with van der Waals surface area (Å²) in [6.45, 7) is 2.60. The Bertz CT molecular complexity index is 924. The molecule has 1 aliphatic carbocycles. The molecule has 0 spiro atoms. The van der Waals surface area contributed by atoms with Gasteiger partial charge < -0.3 is 9.64 Å². The van der Waals surface area contributed by atoms with Gasteiger partial charge in [0.25, 0.3) is 0 Å². The molecular formula is C22H25N3OS. The quantitative estimate of drug-likeness (QED) is 0.632. The van der Waals surface area contributed by atoms with Crippen LogP contribution in [0.2, 0.25) is 0 Å². The number of thiazole rings is 1. The van der Waals surface area contributed by atoms with E-state index in [1.54, 1.807) is 7.11 Å². The summed E-state index contributed by atoms with van der Waals surface area (Å²) in [4.78, 5) is 12.0. The maximum atomic E-state index is 5.15. The second kappa shape index (κ2) is 7.21. The molecule has 2 aliphatic rings. The number of fused-ring (bicyclic) bond motifs is 1. The molecule has 3 heterocycles. The first-order valence-corrected chi connectivity index (χ1v) is 10.8. The fraction of sp³-hybridized carbons (Fsp3) is 0.455. The molecule has 0 atom stereocenters. The highest BCUT2D eigenvalue weighted by Crippen LogP contribution is 2.43. The van der Waals surface area contributed by atoms with Gasteiger partial charge in [-0.05, 0) is 62.5 Å². The lowest BCUT2D eigenvalue weighted by Crippen LogP contribution is -2.46. The summed E-state index contributed by atoms with van der Waals surface area (Å²) in [6, 6.07) is 11.3. The van der Waals surface area contributed by atoms with Crippen molar-refractivity contribution in [3.05, 3.63) is 41.5 Å². The molecule has 0 N–H and O–H groups in total. The predicted octanol–water partition coefficient (Wildman–Crippen LogP) is 5.10. The minimum atomic E-state index is 0.646. The Hall–Kier alpha value is -1.98. The summed E-state index contributed by atoms with van der Waals surface area (Å²) in [5.74, 6) is 1.30. The zero-order valence-electron chi connectivity index (χ0n) is 15.7. The minimum Gasteiger partial charge on any atom is -0.481 e. The van der Waals surface area contributed by atoms with E-state index in [1.807, 2.05) is 23.6 Å². The van der Waals surface area contributed by atoms with E-state index in [2.05, 4.69) is 34.1 Å². The zero-order chi connectivity index (χ0) is 18.2. The number of piperidine rings is 1. The first-order valence-electron chi connectivity index (χ1n) is 9.95. The van der Waals surface area contributed by atoms with Crippen molar-refractivity contribution in [2.24, 2.45) is 0 Å². The average molecular weight is 380 g/mol. The number of hydrogen-bond acceptors (Lipinski definition) is 5. The van der Waals surface area contributed by atoms with Gasteiger partial charge in [-0.15, -0.1) is 11.3 Å². The van der Waals surface area contributed by atoms with Crippen molar-refractivity contribution in [3.8, 4) is 17.0 Å². The van der Waals surface area contributed by atoms with E-state index in [4.69, 9.17) is 9.72 Å². The first kappa shape index (κ1) is 17.1. The monoisotopic (exact) mass is 379 g/mol. The van der Waals surface area contributed by atoms with Crippen molar-refractivity contribution in [1.82, 2.24) is 14.9 Å². The summed E-state index contributed by atoms with van der Waals surface area (Å²) >= 11 is 1.87. The maximum absolute atomic E-state index is 5.15. The number of methoxy groups -OCH3 is 1. The predicted molar refractivity (Wildman–Crippen MR) is 111 cm³/mol. The molecule has 27 heavy (non-hydrogen) atoms. The molecule has 0 radical (unpaired) electrons. The standard InChI is InChI=1S/C22H25N3OS/c1-26-21-8-6-16(14-23-21)15-5-7-19-20(13-15)27-22(24-19)17-11-18(12-17)25-9-3-2-4-10-25/h5-8,13-14,17-18H,2-4,9-12H2,1H3. The van der Waals surface area contributed by atoms with Crippen LogP contribution in [-0.2, 0) is 0 Å². The van der Waals surface area contributed by atoms with Gasteiger partial charge in [0, 0.05) is 29.8 Å². The van der Waals surface area contributed by atoms with Gasteiger partial charge in [0.2, 0.25) is 5.88 Å². The highest BCUT2D eigenvalue weighted by atomic mass is 32.1. The fourth-order valence-electron chi connectivity index (χ4n) is 4.34. The van der Waals surface area contributed by atoms with Crippen LogP contribution in [0.4, 0.5) is 0 Å². The van der Waals surface area contributed by atoms with E-state index in [1.165, 1.54) is 60.5 Å². The van der Waals surface area contributed by atoms with Crippen LogP contribution in [0.15, 0.2) is 36.5 Å². The molecule has 0 amide bonds. The van der Waals surface area contributed by atoms with Gasteiger partial charge in [-0.2, -0.15) is 0 Å². The number of ether oxygens (including phenoxy) is 1. The molecule has 3 aromatic rings. The van der Waals surface area contributed by atoms with Crippen LogP contribution in [0.3, 0.4) is 0 Å². The third-order valence-corrected chi connectivity index (χ3v) is 7.23. The molecule has 1 aliphatic heterocycles. The van der Waals surface area contributed by atoms with Crippen molar-refractivity contribution in [3.63, 3.8) is 0 Å². The van der Waals surface area contributed by atoms with Crippen molar-refractivity contribution >= 4 is 21.6 Å². The third-order valence-electron chi connectivity index (χ3n) is 6.05. The molecule has 140 valence electrons. The molecule has 4 nitrogen and oxygen atoms in total. The highest BCUT2D eigenvalue weighted by molar-refractivity contribution is 7.18. The number of benzene rings is 1. The Morgan fingerprint density at radius 1 is 1.04 bits per heavy atom. The Labute approximate surface area is 164 Å². The lowest BCUT2D eigenvalue weighted by molar-refractivity contribution is 0.0888. The summed E-state index contributed by atoms with van der Waals surface area (Å²) in [5, 5.41) is 1.32. The molecule has 1 aromatic carbocycles. The molecule has 2 aromatic heterocycles. The van der Waals surface area contributed by atoms with Crippen molar-refractivity contribution in [2.75, 3.05) is 20.2 Å². The molecule has 2 fully saturated rings. The molecule has 5 rings (SSSR count). The molecule has 1 saturated carbocycles. The summed E-state index contributed by atoms with van der Waals surface area (Å²) in [5.41, 5.74) is 3.43. The Balaban J connectivity index is 1.32. The Morgan fingerprint density at radius 2 is 1.85 bits per heavy atom. The van der Waals surface area contributed by atoms with Gasteiger partial charge in [0.1, 0.15) is 0 Å². The fourth-order valence-corrected chi connectivity index (χ4v) is 5.47. The van der Waals surface area contributed by atoms with Crippen LogP contribution >= 0.6 is 11.3 Å². The van der Waals surface area contributed by atoms with Gasteiger partial charge >= 0.3 is 0 Å². The molecule has 5 heteroatoms. The molecule has 1 saturated heterocycles. The second-order valence-corrected chi connectivity index (χ2v) is 8.80. The summed E-state index contributed by atoms with van der Waals surface area (Å²) < 4.78 is 6.43. The average Bonchev–Trinajstić information content (AvgIpc) is 3.10. The van der Waals surface area contributed by atoms with Gasteiger partial charge in [0.05, 0.1) is 22.3 Å². The van der Waals surface area contributed by atoms with Crippen LogP contribution in [0.25, 0.3) is 21.3 Å². The first-order chi connectivity index (χ1) is 13.3. The van der Waals surface area contributed by atoms with E-state index < -0.39 is 0 Å². The number of hydrogen-bond donors (Lipinski definition) is 0. The van der Waals surface area contributed by atoms with Crippen LogP contribution in [0.5, 0.6) is 5.88 Å². The lowest BCUT2D eigenvalue weighted by Gasteiger charge is -2.43. The largest absolute Gasteiger partial charge is 0.481 e. The third kappa shape index (κ3) is 3.34. The zero-order valence-corrected chi connectivity index (χ0v) is 16.5. The summed E-state index contributed by atoms with van der Waals surface area (Å²) in [6.07, 6.45) is 8.62. The minimum absolute atomic E-state index is 0.646. The number of aromatic nitrogens is 2. The van der Waals surface area contributed by atoms with Crippen LogP contribution in [0, 0.1) is 0 Å². The van der Waals surface area contributed by atoms with Gasteiger partial charge in [-0.25, -0.2) is 9.97 Å². The maximum Gasteiger partial charge on any atom is 0.212 e. The lowest BCUT2D eigenvalue weighted by atomic mass is 9.79. The highest BCUT2D eigenvalue weighted by Gasteiger charge is 2.36.